The van der Waals surface area contributed by atoms with Crippen molar-refractivity contribution in [2.24, 2.45) is 5.92 Å². The Labute approximate surface area is 119 Å². The van der Waals surface area contributed by atoms with Gasteiger partial charge in [-0.1, -0.05) is 12.1 Å². The van der Waals surface area contributed by atoms with Crippen LogP contribution < -0.4 is 0 Å². The molecule has 1 atom stereocenters. The number of hydrogen-bond acceptors (Lipinski definition) is 2. The number of rotatable bonds is 5. The summed E-state index contributed by atoms with van der Waals surface area (Å²) in [6.45, 7) is 5.91. The summed E-state index contributed by atoms with van der Waals surface area (Å²) in [6, 6.07) is 5.40. The van der Waals surface area contributed by atoms with Crippen LogP contribution in [0.2, 0.25) is 0 Å². The summed E-state index contributed by atoms with van der Waals surface area (Å²) < 4.78 is 18.7. The van der Waals surface area contributed by atoms with Gasteiger partial charge in [0.25, 0.3) is 0 Å². The molecule has 0 N–H and O–H groups in total. The van der Waals surface area contributed by atoms with Crippen LogP contribution in [0.15, 0.2) is 18.2 Å². The summed E-state index contributed by atoms with van der Waals surface area (Å²) in [6.07, 6.45) is 1.81. The van der Waals surface area contributed by atoms with Gasteiger partial charge in [-0.2, -0.15) is 0 Å². The van der Waals surface area contributed by atoms with E-state index in [2.05, 4.69) is 0 Å². The first-order valence-corrected chi connectivity index (χ1v) is 7.20. The van der Waals surface area contributed by atoms with Gasteiger partial charge in [0.1, 0.15) is 12.4 Å². The zero-order valence-electron chi connectivity index (χ0n) is 12.2. The number of likely N-dealkylation sites (tertiary alicyclic amines) is 1. The van der Waals surface area contributed by atoms with Gasteiger partial charge in [-0.05, 0) is 49.8 Å². The maximum atomic E-state index is 13.5. The molecule has 1 aliphatic rings. The molecule has 1 amide bonds. The second-order valence-electron chi connectivity index (χ2n) is 5.42. The third-order valence-electron chi connectivity index (χ3n) is 3.83. The molecule has 3 nitrogen and oxygen atoms in total. The van der Waals surface area contributed by atoms with Crippen molar-refractivity contribution < 1.29 is 13.9 Å². The van der Waals surface area contributed by atoms with Crippen molar-refractivity contribution in [3.8, 4) is 0 Å². The van der Waals surface area contributed by atoms with Gasteiger partial charge in [0.05, 0.1) is 0 Å². The van der Waals surface area contributed by atoms with Gasteiger partial charge in [-0.15, -0.1) is 0 Å². The lowest BCUT2D eigenvalue weighted by Gasteiger charge is -2.16. The van der Waals surface area contributed by atoms with Crippen LogP contribution in [-0.2, 0) is 16.0 Å². The van der Waals surface area contributed by atoms with Crippen molar-refractivity contribution in [2.75, 3.05) is 26.3 Å². The SMILES string of the molecule is CCOCC(=O)N1CCC(Cc2ccc(C)c(F)c2)C1. The number of nitrogens with zero attached hydrogens (tertiary/aromatic N) is 1. The van der Waals surface area contributed by atoms with E-state index in [4.69, 9.17) is 4.74 Å². The van der Waals surface area contributed by atoms with Gasteiger partial charge in [0.2, 0.25) is 5.91 Å². The standard InChI is InChI=1S/C16H22FNO2/c1-3-20-11-16(19)18-7-6-14(10-18)8-13-5-4-12(2)15(17)9-13/h4-5,9,14H,3,6-8,10-11H2,1-2H3. The first-order valence-electron chi connectivity index (χ1n) is 7.20. The van der Waals surface area contributed by atoms with E-state index in [0.29, 0.717) is 18.1 Å². The lowest BCUT2D eigenvalue weighted by atomic mass is 9.98. The molecule has 4 heteroatoms. The van der Waals surface area contributed by atoms with E-state index in [0.717, 1.165) is 31.5 Å². The number of aryl methyl sites for hydroxylation is 1. The van der Waals surface area contributed by atoms with Gasteiger partial charge in [0, 0.05) is 19.7 Å². The molecule has 1 heterocycles. The van der Waals surface area contributed by atoms with Crippen LogP contribution in [0, 0.1) is 18.7 Å². The fourth-order valence-electron chi connectivity index (χ4n) is 2.60. The molecule has 110 valence electrons. The monoisotopic (exact) mass is 279 g/mol. The third kappa shape index (κ3) is 3.79. The van der Waals surface area contributed by atoms with E-state index in [9.17, 15) is 9.18 Å². The van der Waals surface area contributed by atoms with Gasteiger partial charge in [-0.25, -0.2) is 4.39 Å². The van der Waals surface area contributed by atoms with Gasteiger partial charge in [0.15, 0.2) is 0 Å². The molecule has 1 fully saturated rings. The number of hydrogen-bond donors (Lipinski definition) is 0. The van der Waals surface area contributed by atoms with Crippen LogP contribution in [0.3, 0.4) is 0 Å². The molecule has 1 aromatic rings. The Kier molecular flexibility index (Phi) is 5.12. The quantitative estimate of drug-likeness (QED) is 0.829. The third-order valence-corrected chi connectivity index (χ3v) is 3.83. The zero-order valence-corrected chi connectivity index (χ0v) is 12.2. The van der Waals surface area contributed by atoms with E-state index in [1.165, 1.54) is 0 Å². The first-order chi connectivity index (χ1) is 9.60. The Balaban J connectivity index is 1.86. The first kappa shape index (κ1) is 15.0. The number of amides is 1. The normalized spacial score (nSPS) is 18.6. The second-order valence-corrected chi connectivity index (χ2v) is 5.42. The fraction of sp³-hybridized carbons (Fsp3) is 0.562. The number of ether oxygens (including phenoxy) is 1. The molecule has 2 rings (SSSR count). The minimum Gasteiger partial charge on any atom is -0.372 e. The Morgan fingerprint density at radius 3 is 3.00 bits per heavy atom. The van der Waals surface area contributed by atoms with E-state index >= 15 is 0 Å². The van der Waals surface area contributed by atoms with Crippen molar-refractivity contribution in [1.82, 2.24) is 4.90 Å². The molecule has 1 saturated heterocycles. The van der Waals surface area contributed by atoms with Crippen LogP contribution in [0.4, 0.5) is 4.39 Å². The lowest BCUT2D eigenvalue weighted by Crippen LogP contribution is -2.32. The molecule has 0 saturated carbocycles. The Morgan fingerprint density at radius 1 is 1.50 bits per heavy atom. The average Bonchev–Trinajstić information content (AvgIpc) is 2.89. The minimum atomic E-state index is -0.148. The molecule has 0 spiro atoms. The predicted octanol–water partition coefficient (Wildman–Crippen LogP) is 2.56. The molecule has 20 heavy (non-hydrogen) atoms. The van der Waals surface area contributed by atoms with E-state index in [-0.39, 0.29) is 18.3 Å². The zero-order chi connectivity index (χ0) is 14.5. The van der Waals surface area contributed by atoms with Crippen LogP contribution in [0.1, 0.15) is 24.5 Å². The van der Waals surface area contributed by atoms with Crippen molar-refractivity contribution >= 4 is 5.91 Å². The summed E-state index contributed by atoms with van der Waals surface area (Å²) >= 11 is 0. The lowest BCUT2D eigenvalue weighted by molar-refractivity contribution is -0.135. The molecule has 0 aliphatic carbocycles. The van der Waals surface area contributed by atoms with Crippen LogP contribution in [0.5, 0.6) is 0 Å². The van der Waals surface area contributed by atoms with Gasteiger partial charge < -0.3 is 9.64 Å². The summed E-state index contributed by atoms with van der Waals surface area (Å²) in [5.41, 5.74) is 1.69. The van der Waals surface area contributed by atoms with Crippen molar-refractivity contribution in [2.45, 2.75) is 26.7 Å². The topological polar surface area (TPSA) is 29.5 Å². The molecule has 1 aromatic carbocycles. The van der Waals surface area contributed by atoms with Gasteiger partial charge in [-0.3, -0.25) is 4.79 Å². The summed E-state index contributed by atoms with van der Waals surface area (Å²) in [5, 5.41) is 0. The summed E-state index contributed by atoms with van der Waals surface area (Å²) in [5.74, 6) is 0.330. The molecule has 1 aliphatic heterocycles. The molecule has 0 aromatic heterocycles. The maximum absolute atomic E-state index is 13.5. The average molecular weight is 279 g/mol. The highest BCUT2D eigenvalue weighted by atomic mass is 19.1. The predicted molar refractivity (Wildman–Crippen MR) is 76.0 cm³/mol. The van der Waals surface area contributed by atoms with Crippen molar-refractivity contribution in [3.05, 3.63) is 35.1 Å². The van der Waals surface area contributed by atoms with E-state index < -0.39 is 0 Å². The number of halogens is 1. The van der Waals surface area contributed by atoms with Crippen molar-refractivity contribution in [1.29, 1.82) is 0 Å². The molecule has 1 unspecified atom stereocenters. The minimum absolute atomic E-state index is 0.0597. The van der Waals surface area contributed by atoms with Gasteiger partial charge >= 0.3 is 0 Å². The van der Waals surface area contributed by atoms with Crippen LogP contribution >= 0.6 is 0 Å². The molecule has 0 bridgehead atoms. The van der Waals surface area contributed by atoms with Crippen LogP contribution in [-0.4, -0.2) is 37.1 Å². The second kappa shape index (κ2) is 6.84. The van der Waals surface area contributed by atoms with Crippen molar-refractivity contribution in [3.63, 3.8) is 0 Å². The summed E-state index contributed by atoms with van der Waals surface area (Å²) in [4.78, 5) is 13.7. The highest BCUT2D eigenvalue weighted by molar-refractivity contribution is 5.77. The number of carbonyl (C=O) groups is 1. The van der Waals surface area contributed by atoms with E-state index in [1.807, 2.05) is 24.0 Å². The molecular formula is C16H22FNO2. The van der Waals surface area contributed by atoms with E-state index in [1.54, 1.807) is 13.0 Å². The molecule has 0 radical (unpaired) electrons. The Morgan fingerprint density at radius 2 is 2.30 bits per heavy atom. The molecular weight excluding hydrogens is 257 g/mol. The van der Waals surface area contributed by atoms with Crippen LogP contribution in [0.25, 0.3) is 0 Å². The fourth-order valence-corrected chi connectivity index (χ4v) is 2.60. The Bertz CT molecular complexity index is 476. The number of benzene rings is 1. The highest BCUT2D eigenvalue weighted by Crippen LogP contribution is 2.22. The summed E-state index contributed by atoms with van der Waals surface area (Å²) in [7, 11) is 0. The highest BCUT2D eigenvalue weighted by Gasteiger charge is 2.26. The number of carbonyl (C=O) groups excluding carboxylic acids is 1. The Hall–Kier alpha value is -1.42. The maximum Gasteiger partial charge on any atom is 0.248 e. The smallest absolute Gasteiger partial charge is 0.248 e. The largest absolute Gasteiger partial charge is 0.372 e.